The lowest BCUT2D eigenvalue weighted by atomic mass is 10.1. The summed E-state index contributed by atoms with van der Waals surface area (Å²) in [6, 6.07) is 7.21. The topological polar surface area (TPSA) is 29.3 Å². The highest BCUT2D eigenvalue weighted by Crippen LogP contribution is 2.30. The molecular weight excluding hydrogens is 264 g/mol. The molecule has 0 aliphatic carbocycles. The third kappa shape index (κ3) is 2.41. The second-order valence-electron chi connectivity index (χ2n) is 4.50. The molecule has 2 N–H and O–H groups in total. The van der Waals surface area contributed by atoms with Crippen molar-refractivity contribution < 1.29 is 0 Å². The summed E-state index contributed by atoms with van der Waals surface area (Å²) in [4.78, 5) is 2.51. The average Bonchev–Trinajstić information content (AvgIpc) is 2.65. The SMILES string of the molecule is CC1CCCN1c1ccc(Br)cc1CCN. The van der Waals surface area contributed by atoms with Crippen molar-refractivity contribution in [2.24, 2.45) is 5.73 Å². The molecule has 1 unspecified atom stereocenters. The minimum atomic E-state index is 0.665. The van der Waals surface area contributed by atoms with E-state index in [-0.39, 0.29) is 0 Å². The number of hydrogen-bond acceptors (Lipinski definition) is 2. The zero-order chi connectivity index (χ0) is 11.5. The van der Waals surface area contributed by atoms with Gasteiger partial charge in [-0.1, -0.05) is 15.9 Å². The van der Waals surface area contributed by atoms with E-state index in [0.29, 0.717) is 12.6 Å². The fourth-order valence-electron chi connectivity index (χ4n) is 2.48. The van der Waals surface area contributed by atoms with E-state index in [4.69, 9.17) is 5.73 Å². The van der Waals surface area contributed by atoms with Crippen LogP contribution in [0, 0.1) is 0 Å². The van der Waals surface area contributed by atoms with Gasteiger partial charge in [-0.15, -0.1) is 0 Å². The summed E-state index contributed by atoms with van der Waals surface area (Å²) in [6.45, 7) is 4.20. The molecule has 1 aliphatic rings. The molecule has 1 fully saturated rings. The minimum Gasteiger partial charge on any atom is -0.369 e. The highest BCUT2D eigenvalue weighted by atomic mass is 79.9. The molecule has 1 aromatic carbocycles. The van der Waals surface area contributed by atoms with Gasteiger partial charge in [-0.25, -0.2) is 0 Å². The molecule has 0 aromatic heterocycles. The summed E-state index contributed by atoms with van der Waals surface area (Å²) in [7, 11) is 0. The molecule has 2 nitrogen and oxygen atoms in total. The van der Waals surface area contributed by atoms with E-state index in [1.54, 1.807) is 0 Å². The maximum atomic E-state index is 5.68. The molecule has 0 spiro atoms. The third-order valence-electron chi connectivity index (χ3n) is 3.32. The predicted octanol–water partition coefficient (Wildman–Crippen LogP) is 2.94. The summed E-state index contributed by atoms with van der Waals surface area (Å²) in [6.07, 6.45) is 3.56. The molecule has 1 saturated heterocycles. The largest absolute Gasteiger partial charge is 0.369 e. The first kappa shape index (κ1) is 11.9. The first-order chi connectivity index (χ1) is 7.72. The smallest absolute Gasteiger partial charge is 0.0402 e. The molecule has 88 valence electrons. The van der Waals surface area contributed by atoms with Crippen LogP contribution in [0.3, 0.4) is 0 Å². The zero-order valence-electron chi connectivity index (χ0n) is 9.75. The summed E-state index contributed by atoms with van der Waals surface area (Å²) in [5, 5.41) is 0. The summed E-state index contributed by atoms with van der Waals surface area (Å²) in [5.74, 6) is 0. The first-order valence-electron chi connectivity index (χ1n) is 5.97. The summed E-state index contributed by atoms with van der Waals surface area (Å²) >= 11 is 3.53. The minimum absolute atomic E-state index is 0.665. The molecule has 2 rings (SSSR count). The predicted molar refractivity (Wildman–Crippen MR) is 72.9 cm³/mol. The Morgan fingerprint density at radius 3 is 2.94 bits per heavy atom. The second-order valence-corrected chi connectivity index (χ2v) is 5.41. The van der Waals surface area contributed by atoms with Gasteiger partial charge in [0.05, 0.1) is 0 Å². The van der Waals surface area contributed by atoms with Crippen LogP contribution in [0.4, 0.5) is 5.69 Å². The summed E-state index contributed by atoms with van der Waals surface area (Å²) in [5.41, 5.74) is 8.42. The van der Waals surface area contributed by atoms with Crippen LogP contribution in [-0.2, 0) is 6.42 Å². The van der Waals surface area contributed by atoms with Crippen LogP contribution in [0.5, 0.6) is 0 Å². The van der Waals surface area contributed by atoms with Crippen molar-refractivity contribution in [3.8, 4) is 0 Å². The lowest BCUT2D eigenvalue weighted by molar-refractivity contribution is 0.731. The fourth-order valence-corrected chi connectivity index (χ4v) is 2.89. The molecule has 0 bridgehead atoms. The van der Waals surface area contributed by atoms with E-state index >= 15 is 0 Å². The van der Waals surface area contributed by atoms with E-state index < -0.39 is 0 Å². The first-order valence-corrected chi connectivity index (χ1v) is 6.77. The normalized spacial score (nSPS) is 20.4. The second kappa shape index (κ2) is 5.19. The number of nitrogens with zero attached hydrogens (tertiary/aromatic N) is 1. The van der Waals surface area contributed by atoms with Gasteiger partial charge < -0.3 is 10.6 Å². The van der Waals surface area contributed by atoms with Crippen LogP contribution < -0.4 is 10.6 Å². The number of benzene rings is 1. The maximum Gasteiger partial charge on any atom is 0.0402 e. The van der Waals surface area contributed by atoms with E-state index in [2.05, 4.69) is 46.0 Å². The average molecular weight is 283 g/mol. The van der Waals surface area contributed by atoms with Gasteiger partial charge in [0.1, 0.15) is 0 Å². The molecule has 16 heavy (non-hydrogen) atoms. The monoisotopic (exact) mass is 282 g/mol. The molecule has 1 atom stereocenters. The van der Waals surface area contributed by atoms with E-state index in [9.17, 15) is 0 Å². The Bertz CT molecular complexity index is 365. The maximum absolute atomic E-state index is 5.68. The van der Waals surface area contributed by atoms with Gasteiger partial charge in [-0.3, -0.25) is 0 Å². The molecule has 1 aliphatic heterocycles. The zero-order valence-corrected chi connectivity index (χ0v) is 11.3. The van der Waals surface area contributed by atoms with Crippen molar-refractivity contribution in [3.05, 3.63) is 28.2 Å². The summed E-state index contributed by atoms with van der Waals surface area (Å²) < 4.78 is 1.14. The Balaban J connectivity index is 2.31. The highest BCUT2D eigenvalue weighted by molar-refractivity contribution is 9.10. The van der Waals surface area contributed by atoms with E-state index in [1.807, 2.05) is 0 Å². The van der Waals surface area contributed by atoms with Gasteiger partial charge in [0.25, 0.3) is 0 Å². The number of halogens is 1. The number of nitrogens with two attached hydrogens (primary N) is 1. The third-order valence-corrected chi connectivity index (χ3v) is 3.81. The van der Waals surface area contributed by atoms with Crippen molar-refractivity contribution in [2.45, 2.75) is 32.2 Å². The van der Waals surface area contributed by atoms with Crippen LogP contribution in [0.15, 0.2) is 22.7 Å². The van der Waals surface area contributed by atoms with E-state index in [0.717, 1.165) is 10.9 Å². The van der Waals surface area contributed by atoms with Gasteiger partial charge in [-0.2, -0.15) is 0 Å². The van der Waals surface area contributed by atoms with Gasteiger partial charge in [0, 0.05) is 22.7 Å². The van der Waals surface area contributed by atoms with Gasteiger partial charge in [0.2, 0.25) is 0 Å². The van der Waals surface area contributed by atoms with Gasteiger partial charge >= 0.3 is 0 Å². The van der Waals surface area contributed by atoms with Crippen molar-refractivity contribution in [1.29, 1.82) is 0 Å². The van der Waals surface area contributed by atoms with Crippen LogP contribution in [-0.4, -0.2) is 19.1 Å². The van der Waals surface area contributed by atoms with Crippen LogP contribution in [0.25, 0.3) is 0 Å². The van der Waals surface area contributed by atoms with Crippen molar-refractivity contribution >= 4 is 21.6 Å². The Hall–Kier alpha value is -0.540. The molecule has 1 aromatic rings. The highest BCUT2D eigenvalue weighted by Gasteiger charge is 2.22. The van der Waals surface area contributed by atoms with Gasteiger partial charge in [0.15, 0.2) is 0 Å². The van der Waals surface area contributed by atoms with Crippen molar-refractivity contribution in [3.63, 3.8) is 0 Å². The van der Waals surface area contributed by atoms with Crippen molar-refractivity contribution in [2.75, 3.05) is 18.0 Å². The Kier molecular flexibility index (Phi) is 3.87. The van der Waals surface area contributed by atoms with Crippen molar-refractivity contribution in [1.82, 2.24) is 0 Å². The van der Waals surface area contributed by atoms with Crippen LogP contribution >= 0.6 is 15.9 Å². The lowest BCUT2D eigenvalue weighted by Crippen LogP contribution is -2.27. The number of hydrogen-bond donors (Lipinski definition) is 1. The number of rotatable bonds is 3. The quantitative estimate of drug-likeness (QED) is 0.924. The molecule has 0 amide bonds. The Labute approximate surface area is 106 Å². The Morgan fingerprint density at radius 2 is 2.31 bits per heavy atom. The number of anilines is 1. The molecule has 0 radical (unpaired) electrons. The van der Waals surface area contributed by atoms with Gasteiger partial charge in [-0.05, 0) is 56.5 Å². The molecule has 3 heteroatoms. The standard InChI is InChI=1S/C13H19BrN2/c1-10-3-2-8-16(10)13-5-4-12(14)9-11(13)6-7-15/h4-5,9-10H,2-3,6-8,15H2,1H3. The van der Waals surface area contributed by atoms with Crippen LogP contribution in [0.2, 0.25) is 0 Å². The molecule has 1 heterocycles. The lowest BCUT2D eigenvalue weighted by Gasteiger charge is -2.26. The fraction of sp³-hybridized carbons (Fsp3) is 0.538. The Morgan fingerprint density at radius 1 is 1.50 bits per heavy atom. The van der Waals surface area contributed by atoms with E-state index in [1.165, 1.54) is 30.6 Å². The molecular formula is C13H19BrN2. The molecule has 0 saturated carbocycles. The van der Waals surface area contributed by atoms with Crippen LogP contribution in [0.1, 0.15) is 25.3 Å².